The summed E-state index contributed by atoms with van der Waals surface area (Å²) in [6, 6.07) is 0. The minimum atomic E-state index is 0.436. The van der Waals surface area contributed by atoms with Crippen molar-refractivity contribution in [1.29, 1.82) is 0 Å². The molecule has 100 valence electrons. The van der Waals surface area contributed by atoms with E-state index >= 15 is 0 Å². The molecule has 0 aromatic carbocycles. The lowest BCUT2D eigenvalue weighted by molar-refractivity contribution is 0.192. The maximum absolute atomic E-state index is 5.63. The van der Waals surface area contributed by atoms with Crippen molar-refractivity contribution in [2.75, 3.05) is 6.61 Å². The molecule has 18 heavy (non-hydrogen) atoms. The van der Waals surface area contributed by atoms with Gasteiger partial charge >= 0.3 is 0 Å². The van der Waals surface area contributed by atoms with Crippen LogP contribution in [-0.4, -0.2) is 11.5 Å². The number of hydrogen-bond donors (Lipinski definition) is 0. The van der Waals surface area contributed by atoms with E-state index in [2.05, 4.69) is 43.7 Å². The Kier molecular flexibility index (Phi) is 5.26. The van der Waals surface area contributed by atoms with Crippen molar-refractivity contribution in [3.8, 4) is 0 Å². The first-order valence-electron chi connectivity index (χ1n) is 6.80. The largest absolute Gasteiger partial charge is 0.496 e. The second-order valence-corrected chi connectivity index (χ2v) is 4.55. The van der Waals surface area contributed by atoms with Gasteiger partial charge in [0.15, 0.2) is 0 Å². The van der Waals surface area contributed by atoms with Crippen molar-refractivity contribution in [1.82, 2.24) is 4.90 Å². The molecule has 0 radical (unpaired) electrons. The van der Waals surface area contributed by atoms with Crippen LogP contribution < -0.4 is 0 Å². The highest BCUT2D eigenvalue weighted by atomic mass is 16.5. The van der Waals surface area contributed by atoms with E-state index in [4.69, 9.17) is 4.74 Å². The fourth-order valence-electron chi connectivity index (χ4n) is 2.05. The van der Waals surface area contributed by atoms with Gasteiger partial charge in [-0.1, -0.05) is 40.3 Å². The summed E-state index contributed by atoms with van der Waals surface area (Å²) in [6.45, 7) is 15.3. The lowest BCUT2D eigenvalue weighted by Crippen LogP contribution is -2.26. The molecule has 0 aromatic rings. The van der Waals surface area contributed by atoms with E-state index in [1.54, 1.807) is 0 Å². The molecule has 0 unspecified atom stereocenters. The van der Waals surface area contributed by atoms with Gasteiger partial charge in [-0.05, 0) is 24.5 Å². The molecule has 0 bridgehead atoms. The summed E-state index contributed by atoms with van der Waals surface area (Å²) in [5.74, 6) is 1.44. The van der Waals surface area contributed by atoms with Gasteiger partial charge in [-0.15, -0.1) is 0 Å². The second kappa shape index (κ2) is 6.48. The zero-order valence-corrected chi connectivity index (χ0v) is 12.3. The lowest BCUT2D eigenvalue weighted by Gasteiger charge is -2.34. The third-order valence-corrected chi connectivity index (χ3v) is 3.08. The van der Waals surface area contributed by atoms with Gasteiger partial charge in [0.2, 0.25) is 0 Å². The van der Waals surface area contributed by atoms with Crippen LogP contribution in [0, 0.1) is 5.92 Å². The monoisotopic (exact) mass is 247 g/mol. The first-order chi connectivity index (χ1) is 8.61. The molecule has 0 atom stereocenters. The molecular formula is C16H25NO. The van der Waals surface area contributed by atoms with Crippen LogP contribution in [0.4, 0.5) is 0 Å². The highest BCUT2D eigenvalue weighted by molar-refractivity contribution is 5.43. The van der Waals surface area contributed by atoms with Crippen molar-refractivity contribution >= 4 is 0 Å². The molecular weight excluding hydrogens is 222 g/mol. The number of fused-ring (bicyclic) bond motifs is 1. The van der Waals surface area contributed by atoms with Crippen LogP contribution in [0.15, 0.2) is 47.7 Å². The van der Waals surface area contributed by atoms with Gasteiger partial charge in [0.1, 0.15) is 5.76 Å². The van der Waals surface area contributed by atoms with E-state index < -0.39 is 0 Å². The number of allylic oxidation sites excluding steroid dienone is 5. The predicted molar refractivity (Wildman–Crippen MR) is 77.7 cm³/mol. The van der Waals surface area contributed by atoms with Gasteiger partial charge in [-0.3, -0.25) is 0 Å². The Bertz CT molecular complexity index is 399. The first kappa shape index (κ1) is 14.6. The maximum Gasteiger partial charge on any atom is 0.117 e. The van der Waals surface area contributed by atoms with Crippen molar-refractivity contribution in [3.63, 3.8) is 0 Å². The highest BCUT2D eigenvalue weighted by Gasteiger charge is 2.24. The minimum Gasteiger partial charge on any atom is -0.496 e. The van der Waals surface area contributed by atoms with Gasteiger partial charge in [-0.2, -0.15) is 0 Å². The molecule has 2 nitrogen and oxygen atoms in total. The van der Waals surface area contributed by atoms with Crippen LogP contribution in [0.5, 0.6) is 0 Å². The molecule has 0 fully saturated rings. The molecule has 0 aromatic heterocycles. The Hall–Kier alpha value is -1.44. The van der Waals surface area contributed by atoms with E-state index in [9.17, 15) is 0 Å². The van der Waals surface area contributed by atoms with Gasteiger partial charge in [0.05, 0.1) is 12.3 Å². The van der Waals surface area contributed by atoms with Crippen molar-refractivity contribution in [2.24, 2.45) is 5.92 Å². The molecule has 0 spiro atoms. The summed E-state index contributed by atoms with van der Waals surface area (Å²) < 4.78 is 5.63. The van der Waals surface area contributed by atoms with E-state index in [0.717, 1.165) is 24.5 Å². The summed E-state index contributed by atoms with van der Waals surface area (Å²) in [6.07, 6.45) is 7.31. The predicted octanol–water partition coefficient (Wildman–Crippen LogP) is 4.59. The fraction of sp³-hybridized carbons (Fsp3) is 0.500. The van der Waals surface area contributed by atoms with Crippen molar-refractivity contribution < 1.29 is 4.74 Å². The summed E-state index contributed by atoms with van der Waals surface area (Å²) in [5.41, 5.74) is 3.65. The van der Waals surface area contributed by atoms with E-state index in [1.165, 1.54) is 11.3 Å². The molecule has 0 N–H and O–H groups in total. The number of hydrogen-bond acceptors (Lipinski definition) is 2. The molecule has 2 aliphatic rings. The normalized spacial score (nSPS) is 17.7. The molecule has 2 aliphatic heterocycles. The van der Waals surface area contributed by atoms with Crippen LogP contribution in [0.25, 0.3) is 0 Å². The van der Waals surface area contributed by atoms with Gasteiger partial charge in [0, 0.05) is 18.3 Å². The standard InChI is InChI=1S/C14H19NO.C2H6/c1-10(2)11(3)15-8-5-6-13-7-9-16-12(4)14(13)15;1-2/h5-6,8,10H,3,7,9H2,1-2,4H3;1-2H3. The molecule has 2 heteroatoms. The van der Waals surface area contributed by atoms with Crippen LogP contribution in [0.1, 0.15) is 41.0 Å². The van der Waals surface area contributed by atoms with E-state index in [1.807, 2.05) is 20.8 Å². The quantitative estimate of drug-likeness (QED) is 0.707. The number of ether oxygens (including phenoxy) is 1. The molecule has 2 heterocycles. The zero-order valence-electron chi connectivity index (χ0n) is 12.3. The van der Waals surface area contributed by atoms with Crippen molar-refractivity contribution in [3.05, 3.63) is 47.7 Å². The number of rotatable bonds is 2. The van der Waals surface area contributed by atoms with Crippen LogP contribution >= 0.6 is 0 Å². The van der Waals surface area contributed by atoms with Crippen LogP contribution in [0.2, 0.25) is 0 Å². The topological polar surface area (TPSA) is 12.5 Å². The van der Waals surface area contributed by atoms with Crippen molar-refractivity contribution in [2.45, 2.75) is 41.0 Å². The first-order valence-corrected chi connectivity index (χ1v) is 6.80. The average molecular weight is 247 g/mol. The Morgan fingerprint density at radius 2 is 2.06 bits per heavy atom. The Balaban J connectivity index is 0.000000771. The van der Waals surface area contributed by atoms with E-state index in [-0.39, 0.29) is 0 Å². The van der Waals surface area contributed by atoms with Crippen LogP contribution in [0.3, 0.4) is 0 Å². The van der Waals surface area contributed by atoms with Gasteiger partial charge < -0.3 is 9.64 Å². The smallest absolute Gasteiger partial charge is 0.117 e. The van der Waals surface area contributed by atoms with Gasteiger partial charge in [0.25, 0.3) is 0 Å². The highest BCUT2D eigenvalue weighted by Crippen LogP contribution is 2.34. The fourth-order valence-corrected chi connectivity index (χ4v) is 2.05. The third kappa shape index (κ3) is 2.87. The molecule has 0 saturated heterocycles. The Morgan fingerprint density at radius 1 is 1.39 bits per heavy atom. The molecule has 0 saturated carbocycles. The number of nitrogens with zero attached hydrogens (tertiary/aromatic N) is 1. The third-order valence-electron chi connectivity index (χ3n) is 3.08. The summed E-state index contributed by atoms with van der Waals surface area (Å²) in [5, 5.41) is 0. The van der Waals surface area contributed by atoms with E-state index in [0.29, 0.717) is 5.92 Å². The Labute approximate surface area is 111 Å². The van der Waals surface area contributed by atoms with Gasteiger partial charge in [-0.25, -0.2) is 0 Å². The molecule has 2 rings (SSSR count). The Morgan fingerprint density at radius 3 is 2.67 bits per heavy atom. The van der Waals surface area contributed by atoms with Crippen LogP contribution in [-0.2, 0) is 4.74 Å². The molecule has 0 aliphatic carbocycles. The minimum absolute atomic E-state index is 0.436. The summed E-state index contributed by atoms with van der Waals surface area (Å²) in [7, 11) is 0. The SMILES string of the molecule is C=C(C(C)C)N1C=CC=C2CCOC(C)=C21.CC. The zero-order chi connectivity index (χ0) is 13.7. The average Bonchev–Trinajstić information content (AvgIpc) is 2.40. The molecule has 0 amide bonds. The summed E-state index contributed by atoms with van der Waals surface area (Å²) in [4.78, 5) is 2.16. The second-order valence-electron chi connectivity index (χ2n) is 4.55. The summed E-state index contributed by atoms with van der Waals surface area (Å²) >= 11 is 0. The maximum atomic E-state index is 5.63. The lowest BCUT2D eigenvalue weighted by atomic mass is 10.00.